The topological polar surface area (TPSA) is 83.1 Å². The molecule has 62 heavy (non-hydrogen) atoms. The van der Waals surface area contributed by atoms with E-state index in [2.05, 4.69) is 88.5 Å². The number of benzene rings is 4. The van der Waals surface area contributed by atoms with Crippen molar-refractivity contribution >= 4 is 8.32 Å². The zero-order valence-corrected chi connectivity index (χ0v) is 38.8. The highest BCUT2D eigenvalue weighted by Crippen LogP contribution is 2.42. The van der Waals surface area contributed by atoms with Gasteiger partial charge in [0.15, 0.2) is 8.32 Å². The molecule has 0 aliphatic carbocycles. The van der Waals surface area contributed by atoms with Crippen molar-refractivity contribution in [3.05, 3.63) is 155 Å². The predicted octanol–water partition coefficient (Wildman–Crippen LogP) is 11.0. The number of methoxy groups -OCH3 is 1. The van der Waals surface area contributed by atoms with Gasteiger partial charge in [-0.1, -0.05) is 142 Å². The smallest absolute Gasteiger partial charge is 0.192 e. The fourth-order valence-corrected chi connectivity index (χ4v) is 9.03. The highest BCUT2D eigenvalue weighted by Gasteiger charge is 2.52. The second kappa shape index (κ2) is 24.4. The molecule has 10 heteroatoms. The van der Waals surface area contributed by atoms with Crippen molar-refractivity contribution in [1.29, 1.82) is 0 Å². The fourth-order valence-electron chi connectivity index (χ4n) is 7.71. The Hall–Kier alpha value is -3.68. The van der Waals surface area contributed by atoms with Crippen molar-refractivity contribution in [3.8, 4) is 0 Å². The molecular formula is C52H70O9Si. The molecule has 1 saturated heterocycles. The molecule has 1 fully saturated rings. The Balaban J connectivity index is 1.32. The van der Waals surface area contributed by atoms with E-state index in [1.807, 2.05) is 72.8 Å². The van der Waals surface area contributed by atoms with Gasteiger partial charge in [0.2, 0.25) is 0 Å². The standard InChI is InChI=1S/C52H70O9Si/c1-52(2,3)62(5,6)61-50-47(33-44-29-19-20-30-45(56-35-41-23-13-8-14-24-41)48(59-44)38-55-34-40-21-11-7-12-22-40)60-46(31-32-54-39-53-4)49(57-36-42-25-15-9-16-26-42)51(50)58-37-43-27-17-10-18-28-43/h7-18,21-29,45-51H,19-20,30-39H2,1-6H3/b44-29-/t45-,46-,47+,48+,49-,50+,51+/m0/s1. The largest absolute Gasteiger partial charge is 0.490 e. The second-order valence-corrected chi connectivity index (χ2v) is 22.7. The van der Waals surface area contributed by atoms with Crippen molar-refractivity contribution in [3.63, 3.8) is 0 Å². The Kier molecular flexibility index (Phi) is 18.8. The monoisotopic (exact) mass is 866 g/mol. The summed E-state index contributed by atoms with van der Waals surface area (Å²) in [6.07, 6.45) is 3.23. The Bertz CT molecular complexity index is 1860. The van der Waals surface area contributed by atoms with Gasteiger partial charge in [0.1, 0.15) is 31.2 Å². The lowest BCUT2D eigenvalue weighted by molar-refractivity contribution is -0.253. The Labute approximate surface area is 372 Å². The maximum atomic E-state index is 7.50. The summed E-state index contributed by atoms with van der Waals surface area (Å²) in [4.78, 5) is 0. The summed E-state index contributed by atoms with van der Waals surface area (Å²) in [7, 11) is -0.783. The van der Waals surface area contributed by atoms with Crippen LogP contribution in [0.4, 0.5) is 0 Å². The quantitative estimate of drug-likeness (QED) is 0.0436. The lowest BCUT2D eigenvalue weighted by atomic mass is 9.90. The van der Waals surface area contributed by atoms with Gasteiger partial charge >= 0.3 is 0 Å². The maximum absolute atomic E-state index is 7.50. The molecule has 0 N–H and O–H groups in total. The number of hydrogen-bond acceptors (Lipinski definition) is 9. The molecule has 2 heterocycles. The average Bonchev–Trinajstić information content (AvgIpc) is 3.27. The molecule has 0 unspecified atom stereocenters. The van der Waals surface area contributed by atoms with Crippen LogP contribution in [0.1, 0.15) is 75.1 Å². The van der Waals surface area contributed by atoms with Crippen LogP contribution in [-0.2, 0) is 68.7 Å². The molecule has 0 bridgehead atoms. The van der Waals surface area contributed by atoms with Crippen LogP contribution in [-0.4, -0.2) is 78.2 Å². The zero-order valence-electron chi connectivity index (χ0n) is 37.8. The van der Waals surface area contributed by atoms with Gasteiger partial charge in [-0.3, -0.25) is 0 Å². The van der Waals surface area contributed by atoms with Gasteiger partial charge in [0, 0.05) is 13.5 Å². The van der Waals surface area contributed by atoms with Gasteiger partial charge in [-0.15, -0.1) is 0 Å². The number of hydrogen-bond donors (Lipinski definition) is 0. The first-order chi connectivity index (χ1) is 30.1. The fraction of sp³-hybridized carbons (Fsp3) is 0.500. The SMILES string of the molecule is COCOCC[C@@H]1O[C@H](C/C2=C/CCC[C@H](OCc3ccccc3)[C@@H](COCc3ccccc3)O2)[C@@H](O[Si](C)(C)C(C)(C)C)[C@H](OCc2ccccc2)[C@H]1OCc1ccccc1. The first-order valence-corrected chi connectivity index (χ1v) is 25.3. The van der Waals surface area contributed by atoms with Crippen LogP contribution in [0.3, 0.4) is 0 Å². The van der Waals surface area contributed by atoms with E-state index in [9.17, 15) is 0 Å². The number of ether oxygens (including phenoxy) is 8. The molecule has 2 aliphatic heterocycles. The van der Waals surface area contributed by atoms with Crippen molar-refractivity contribution in [2.24, 2.45) is 0 Å². The maximum Gasteiger partial charge on any atom is 0.192 e. The molecule has 0 spiro atoms. The molecule has 336 valence electrons. The highest BCUT2D eigenvalue weighted by molar-refractivity contribution is 6.74. The van der Waals surface area contributed by atoms with Crippen molar-refractivity contribution in [2.75, 3.05) is 27.1 Å². The predicted molar refractivity (Wildman–Crippen MR) is 246 cm³/mol. The van der Waals surface area contributed by atoms with Gasteiger partial charge in [0.25, 0.3) is 0 Å². The number of allylic oxidation sites excluding steroid dienone is 1. The molecular weight excluding hydrogens is 797 g/mol. The molecule has 6 rings (SSSR count). The third kappa shape index (κ3) is 14.7. The second-order valence-electron chi connectivity index (χ2n) is 18.0. The summed E-state index contributed by atoms with van der Waals surface area (Å²) < 4.78 is 60.2. The first kappa shape index (κ1) is 47.8. The molecule has 9 nitrogen and oxygen atoms in total. The van der Waals surface area contributed by atoms with Crippen molar-refractivity contribution in [2.45, 2.75) is 140 Å². The minimum Gasteiger partial charge on any atom is -0.490 e. The van der Waals surface area contributed by atoms with E-state index in [4.69, 9.17) is 42.3 Å². The third-order valence-electron chi connectivity index (χ3n) is 12.2. The molecule has 0 amide bonds. The first-order valence-electron chi connectivity index (χ1n) is 22.4. The van der Waals surface area contributed by atoms with E-state index in [0.29, 0.717) is 52.5 Å². The zero-order chi connectivity index (χ0) is 43.6. The van der Waals surface area contributed by atoms with Gasteiger partial charge < -0.3 is 42.3 Å². The summed E-state index contributed by atoms with van der Waals surface area (Å²) >= 11 is 0. The Morgan fingerprint density at radius 1 is 0.613 bits per heavy atom. The average molecular weight is 867 g/mol. The Morgan fingerprint density at radius 2 is 1.15 bits per heavy atom. The van der Waals surface area contributed by atoms with E-state index >= 15 is 0 Å². The molecule has 4 aromatic carbocycles. The summed E-state index contributed by atoms with van der Waals surface area (Å²) in [5.41, 5.74) is 4.39. The highest BCUT2D eigenvalue weighted by atomic mass is 28.4. The summed E-state index contributed by atoms with van der Waals surface area (Å²) in [6, 6.07) is 41.2. The lowest BCUT2D eigenvalue weighted by Gasteiger charge is -2.50. The molecule has 0 saturated carbocycles. The number of rotatable bonds is 22. The van der Waals surface area contributed by atoms with Gasteiger partial charge in [-0.25, -0.2) is 0 Å². The minimum absolute atomic E-state index is 0.0761. The van der Waals surface area contributed by atoms with Crippen LogP contribution in [0.15, 0.2) is 133 Å². The van der Waals surface area contributed by atoms with Crippen LogP contribution < -0.4 is 0 Å². The summed E-state index contributed by atoms with van der Waals surface area (Å²) in [6.45, 7) is 14.2. The summed E-state index contributed by atoms with van der Waals surface area (Å²) in [5, 5.41) is -0.0761. The third-order valence-corrected chi connectivity index (χ3v) is 16.6. The van der Waals surface area contributed by atoms with Crippen LogP contribution in [0.5, 0.6) is 0 Å². The molecule has 4 aromatic rings. The van der Waals surface area contributed by atoms with Gasteiger partial charge in [-0.05, 0) is 72.1 Å². The molecule has 7 atom stereocenters. The van der Waals surface area contributed by atoms with E-state index in [1.54, 1.807) is 7.11 Å². The van der Waals surface area contributed by atoms with Crippen LogP contribution in [0.25, 0.3) is 0 Å². The normalized spacial score (nSPS) is 24.4. The van der Waals surface area contributed by atoms with Crippen LogP contribution >= 0.6 is 0 Å². The van der Waals surface area contributed by atoms with Gasteiger partial charge in [0.05, 0.1) is 63.7 Å². The van der Waals surface area contributed by atoms with E-state index in [0.717, 1.165) is 47.3 Å². The van der Waals surface area contributed by atoms with E-state index < -0.39 is 32.7 Å². The van der Waals surface area contributed by atoms with E-state index in [1.165, 1.54) is 0 Å². The molecule has 2 aliphatic rings. The summed E-state index contributed by atoms with van der Waals surface area (Å²) in [5.74, 6) is 0.847. The lowest BCUT2D eigenvalue weighted by Crippen LogP contribution is -2.63. The van der Waals surface area contributed by atoms with Crippen LogP contribution in [0, 0.1) is 0 Å². The van der Waals surface area contributed by atoms with Gasteiger partial charge in [-0.2, -0.15) is 0 Å². The van der Waals surface area contributed by atoms with Crippen LogP contribution in [0.2, 0.25) is 18.1 Å². The molecule has 0 aromatic heterocycles. The van der Waals surface area contributed by atoms with E-state index in [-0.39, 0.29) is 30.1 Å². The minimum atomic E-state index is -2.42. The van der Waals surface area contributed by atoms with Crippen molar-refractivity contribution in [1.82, 2.24) is 0 Å². The van der Waals surface area contributed by atoms with Crippen molar-refractivity contribution < 1.29 is 42.3 Å². The molecule has 0 radical (unpaired) electrons. The Morgan fingerprint density at radius 3 is 1.69 bits per heavy atom.